The van der Waals surface area contributed by atoms with E-state index in [9.17, 15) is 4.79 Å². The first-order chi connectivity index (χ1) is 17.6. The van der Waals surface area contributed by atoms with Crippen molar-refractivity contribution < 1.29 is 13.9 Å². The van der Waals surface area contributed by atoms with Crippen LogP contribution in [0.4, 0.5) is 0 Å². The molecule has 36 heavy (non-hydrogen) atoms. The summed E-state index contributed by atoms with van der Waals surface area (Å²) >= 11 is 5.30. The van der Waals surface area contributed by atoms with Crippen LogP contribution in [0.15, 0.2) is 108 Å². The van der Waals surface area contributed by atoms with Gasteiger partial charge in [0.1, 0.15) is 17.9 Å². The maximum atomic E-state index is 12.5. The lowest BCUT2D eigenvalue weighted by Crippen LogP contribution is -2.38. The van der Waals surface area contributed by atoms with Gasteiger partial charge in [-0.1, -0.05) is 54.6 Å². The van der Waals surface area contributed by atoms with Gasteiger partial charge in [0.15, 0.2) is 10.7 Å². The largest absolute Gasteiger partial charge is 0.489 e. The average molecular weight is 494 g/mol. The van der Waals surface area contributed by atoms with Gasteiger partial charge in [-0.2, -0.15) is 0 Å². The van der Waals surface area contributed by atoms with Gasteiger partial charge in [0.2, 0.25) is 5.89 Å². The number of benzene rings is 4. The Kier molecular flexibility index (Phi) is 7.00. The molecule has 5 rings (SSSR count). The predicted molar refractivity (Wildman–Crippen MR) is 144 cm³/mol. The molecule has 1 amide bonds. The molecule has 0 unspecified atom stereocenters. The van der Waals surface area contributed by atoms with Crippen LogP contribution in [0.25, 0.3) is 22.6 Å². The van der Waals surface area contributed by atoms with Crippen LogP contribution >= 0.6 is 12.2 Å². The van der Waals surface area contributed by atoms with E-state index in [1.54, 1.807) is 24.3 Å². The molecule has 0 saturated heterocycles. The highest BCUT2D eigenvalue weighted by molar-refractivity contribution is 7.80. The number of thiocarbonyl (C=S) groups is 1. The molecule has 0 aliphatic heterocycles. The smallest absolute Gasteiger partial charge is 0.257 e. The molecule has 0 spiro atoms. The number of hydrogen-bond acceptors (Lipinski definition) is 5. The zero-order chi connectivity index (χ0) is 24.7. The Labute approximate surface area is 213 Å². The Hall–Kier alpha value is -4.49. The SMILES string of the molecule is O=C(NC(=S)NCc1ccc(-c2nc3ccccc3o2)cc1)c1ccc(OCc2ccccc2)cc1. The number of ether oxygens (including phenoxy) is 1. The molecule has 2 N–H and O–H groups in total. The van der Waals surface area contributed by atoms with Crippen molar-refractivity contribution in [1.29, 1.82) is 0 Å². The van der Waals surface area contributed by atoms with Crippen molar-refractivity contribution in [3.05, 3.63) is 120 Å². The Morgan fingerprint density at radius 1 is 0.833 bits per heavy atom. The van der Waals surface area contributed by atoms with E-state index in [4.69, 9.17) is 21.4 Å². The summed E-state index contributed by atoms with van der Waals surface area (Å²) in [5, 5.41) is 6.03. The summed E-state index contributed by atoms with van der Waals surface area (Å²) < 4.78 is 11.6. The molecule has 5 aromatic rings. The summed E-state index contributed by atoms with van der Waals surface area (Å²) in [6.07, 6.45) is 0. The standard InChI is InChI=1S/C29H23N3O3S/c33-27(22-14-16-24(17-15-22)34-19-21-6-2-1-3-7-21)32-29(36)30-18-20-10-12-23(13-11-20)28-31-25-8-4-5-9-26(25)35-28/h1-17H,18-19H2,(H2,30,32,33,36). The minimum Gasteiger partial charge on any atom is -0.489 e. The van der Waals surface area contributed by atoms with Gasteiger partial charge >= 0.3 is 0 Å². The molecule has 0 aliphatic rings. The van der Waals surface area contributed by atoms with Gasteiger partial charge in [0.25, 0.3) is 5.91 Å². The van der Waals surface area contributed by atoms with Crippen LogP contribution < -0.4 is 15.4 Å². The van der Waals surface area contributed by atoms with E-state index in [0.29, 0.717) is 30.4 Å². The number of nitrogens with one attached hydrogen (secondary N) is 2. The number of carbonyl (C=O) groups is 1. The highest BCUT2D eigenvalue weighted by Crippen LogP contribution is 2.24. The molecule has 6 nitrogen and oxygen atoms in total. The first-order valence-electron chi connectivity index (χ1n) is 11.4. The number of aromatic nitrogens is 1. The number of hydrogen-bond donors (Lipinski definition) is 2. The van der Waals surface area contributed by atoms with Gasteiger partial charge in [0, 0.05) is 17.7 Å². The average Bonchev–Trinajstić information content (AvgIpc) is 3.36. The maximum absolute atomic E-state index is 12.5. The van der Waals surface area contributed by atoms with Gasteiger partial charge in [-0.3, -0.25) is 10.1 Å². The van der Waals surface area contributed by atoms with Crippen LogP contribution in [0.1, 0.15) is 21.5 Å². The van der Waals surface area contributed by atoms with Crippen molar-refractivity contribution in [2.24, 2.45) is 0 Å². The molecular formula is C29H23N3O3S. The van der Waals surface area contributed by atoms with Gasteiger partial charge < -0.3 is 14.5 Å². The molecule has 0 atom stereocenters. The van der Waals surface area contributed by atoms with E-state index in [1.165, 1.54) is 0 Å². The lowest BCUT2D eigenvalue weighted by molar-refractivity contribution is 0.0976. The fourth-order valence-corrected chi connectivity index (χ4v) is 3.77. The second-order valence-corrected chi connectivity index (χ2v) is 8.53. The molecule has 1 aromatic heterocycles. The summed E-state index contributed by atoms with van der Waals surface area (Å²) in [5.74, 6) is 0.987. The Morgan fingerprint density at radius 2 is 1.56 bits per heavy atom. The first-order valence-corrected chi connectivity index (χ1v) is 11.9. The summed E-state index contributed by atoms with van der Waals surface area (Å²) in [6.45, 7) is 0.940. The second-order valence-electron chi connectivity index (χ2n) is 8.12. The zero-order valence-electron chi connectivity index (χ0n) is 19.3. The summed E-state index contributed by atoms with van der Waals surface area (Å²) in [4.78, 5) is 17.1. The predicted octanol–water partition coefficient (Wildman–Crippen LogP) is 5.88. The van der Waals surface area contributed by atoms with E-state index in [2.05, 4.69) is 15.6 Å². The molecule has 7 heteroatoms. The first kappa shape index (κ1) is 23.3. The van der Waals surface area contributed by atoms with Gasteiger partial charge in [-0.05, 0) is 71.9 Å². The van der Waals surface area contributed by atoms with Crippen LogP contribution in [-0.2, 0) is 13.2 Å². The topological polar surface area (TPSA) is 76.4 Å². The molecule has 0 saturated carbocycles. The molecule has 1 heterocycles. The van der Waals surface area contributed by atoms with Crippen LogP contribution in [0.5, 0.6) is 5.75 Å². The minimum atomic E-state index is -0.284. The molecule has 0 bridgehead atoms. The fourth-order valence-electron chi connectivity index (χ4n) is 3.61. The van der Waals surface area contributed by atoms with Gasteiger partial charge in [-0.15, -0.1) is 0 Å². The number of para-hydroxylation sites is 2. The number of amides is 1. The number of carbonyl (C=O) groups excluding carboxylic acids is 1. The van der Waals surface area contributed by atoms with Crippen LogP contribution in [0, 0.1) is 0 Å². The maximum Gasteiger partial charge on any atom is 0.257 e. The van der Waals surface area contributed by atoms with Gasteiger partial charge in [0.05, 0.1) is 0 Å². The van der Waals surface area contributed by atoms with Crippen molar-refractivity contribution in [2.75, 3.05) is 0 Å². The van der Waals surface area contributed by atoms with Crippen molar-refractivity contribution in [1.82, 2.24) is 15.6 Å². The minimum absolute atomic E-state index is 0.257. The highest BCUT2D eigenvalue weighted by atomic mass is 32.1. The van der Waals surface area contributed by atoms with Crippen molar-refractivity contribution >= 4 is 34.3 Å². The van der Waals surface area contributed by atoms with Crippen LogP contribution in [0.3, 0.4) is 0 Å². The quantitative estimate of drug-likeness (QED) is 0.276. The molecule has 178 valence electrons. The second kappa shape index (κ2) is 10.8. The Bertz CT molecular complexity index is 1450. The third-order valence-corrected chi connectivity index (χ3v) is 5.79. The van der Waals surface area contributed by atoms with Crippen molar-refractivity contribution in [2.45, 2.75) is 13.2 Å². The monoisotopic (exact) mass is 493 g/mol. The molecule has 4 aromatic carbocycles. The summed E-state index contributed by atoms with van der Waals surface area (Å²) in [7, 11) is 0. The molecule has 0 aliphatic carbocycles. The normalized spacial score (nSPS) is 10.7. The van der Waals surface area contributed by atoms with Crippen molar-refractivity contribution in [3.8, 4) is 17.2 Å². The molecule has 0 fully saturated rings. The Balaban J connectivity index is 1.10. The zero-order valence-corrected chi connectivity index (χ0v) is 20.1. The number of fused-ring (bicyclic) bond motifs is 1. The van der Waals surface area contributed by atoms with Crippen molar-refractivity contribution in [3.63, 3.8) is 0 Å². The third-order valence-electron chi connectivity index (χ3n) is 5.54. The number of nitrogens with zero attached hydrogens (tertiary/aromatic N) is 1. The van der Waals surface area contributed by atoms with E-state index < -0.39 is 0 Å². The molecular weight excluding hydrogens is 470 g/mol. The third kappa shape index (κ3) is 5.76. The summed E-state index contributed by atoms with van der Waals surface area (Å²) in [6, 6.07) is 32.4. The number of rotatable bonds is 7. The highest BCUT2D eigenvalue weighted by Gasteiger charge is 2.10. The van der Waals surface area contributed by atoms with E-state index in [-0.39, 0.29) is 11.0 Å². The van der Waals surface area contributed by atoms with Crippen LogP contribution in [-0.4, -0.2) is 16.0 Å². The van der Waals surface area contributed by atoms with E-state index in [1.807, 2.05) is 78.9 Å². The lowest BCUT2D eigenvalue weighted by Gasteiger charge is -2.11. The van der Waals surface area contributed by atoms with Gasteiger partial charge in [-0.25, -0.2) is 4.98 Å². The fraction of sp³-hybridized carbons (Fsp3) is 0.0690. The lowest BCUT2D eigenvalue weighted by atomic mass is 10.1. The van der Waals surface area contributed by atoms with Crippen LogP contribution in [0.2, 0.25) is 0 Å². The Morgan fingerprint density at radius 3 is 2.31 bits per heavy atom. The van der Waals surface area contributed by atoms with E-state index >= 15 is 0 Å². The summed E-state index contributed by atoms with van der Waals surface area (Å²) in [5.41, 5.74) is 5.06. The number of oxazole rings is 1. The van der Waals surface area contributed by atoms with E-state index in [0.717, 1.165) is 27.8 Å². The molecule has 0 radical (unpaired) electrons.